The van der Waals surface area contributed by atoms with Crippen molar-refractivity contribution in [2.45, 2.75) is 70.2 Å². The molecule has 0 amide bonds. The first-order valence-electron chi connectivity index (χ1n) is 11.9. The molecule has 0 saturated heterocycles. The van der Waals surface area contributed by atoms with E-state index in [1.165, 1.54) is 5.56 Å². The van der Waals surface area contributed by atoms with Crippen molar-refractivity contribution >= 4 is 15.9 Å². The maximum atomic E-state index is 5.94. The monoisotopic (exact) mass is 505 g/mol. The zero-order chi connectivity index (χ0) is 22.3. The normalized spacial score (nSPS) is 17.8. The Hall–Kier alpha value is -1.47. The molecule has 0 aliphatic heterocycles. The van der Waals surface area contributed by atoms with Gasteiger partial charge in [0, 0.05) is 36.6 Å². The minimum atomic E-state index is 0.359. The molecule has 1 aliphatic rings. The van der Waals surface area contributed by atoms with Crippen LogP contribution in [0.1, 0.15) is 56.9 Å². The van der Waals surface area contributed by atoms with Gasteiger partial charge in [-0.05, 0) is 78.9 Å². The van der Waals surface area contributed by atoms with Crippen molar-refractivity contribution < 1.29 is 18.9 Å². The van der Waals surface area contributed by atoms with Crippen LogP contribution in [-0.4, -0.2) is 43.6 Å². The average Bonchev–Trinajstić information content (AvgIpc) is 2.79. The van der Waals surface area contributed by atoms with Gasteiger partial charge < -0.3 is 18.9 Å². The van der Waals surface area contributed by atoms with Crippen molar-refractivity contribution in [3.63, 3.8) is 0 Å². The lowest BCUT2D eigenvalue weighted by molar-refractivity contribution is -0.107. The summed E-state index contributed by atoms with van der Waals surface area (Å²) in [6.45, 7) is 3.94. The van der Waals surface area contributed by atoms with Gasteiger partial charge in [0.05, 0.1) is 25.4 Å². The second-order valence-electron chi connectivity index (χ2n) is 8.28. The smallest absolute Gasteiger partial charge is 0.213 e. The van der Waals surface area contributed by atoms with Gasteiger partial charge in [-0.25, -0.2) is 4.98 Å². The van der Waals surface area contributed by atoms with Gasteiger partial charge in [0.15, 0.2) is 0 Å². The van der Waals surface area contributed by atoms with Crippen molar-refractivity contribution in [3.05, 3.63) is 58.7 Å². The molecule has 1 aliphatic carbocycles. The highest BCUT2D eigenvalue weighted by Crippen LogP contribution is 2.27. The Labute approximate surface area is 200 Å². The molecule has 5 nitrogen and oxygen atoms in total. The van der Waals surface area contributed by atoms with Crippen LogP contribution in [0, 0.1) is 0 Å². The lowest BCUT2D eigenvalue weighted by Gasteiger charge is -2.35. The second-order valence-corrected chi connectivity index (χ2v) is 9.20. The maximum Gasteiger partial charge on any atom is 0.213 e. The zero-order valence-electron chi connectivity index (χ0n) is 18.9. The number of pyridine rings is 1. The molecule has 0 N–H and O–H groups in total. The molecule has 0 spiro atoms. The molecule has 1 fully saturated rings. The quantitative estimate of drug-likeness (QED) is 0.234. The number of nitrogens with zero attached hydrogens (tertiary/aromatic N) is 1. The van der Waals surface area contributed by atoms with E-state index in [4.69, 9.17) is 18.9 Å². The Morgan fingerprint density at radius 2 is 1.44 bits per heavy atom. The highest BCUT2D eigenvalue weighted by molar-refractivity contribution is 9.10. The standard InChI is InChI=1S/C26H36BrNO4/c27-23-12-13-26(28-20-23)31-17-9-3-7-15-29-14-6-2-8-16-30-24-18-25(19-24)32-21-22-10-4-1-5-11-22/h1,4-5,10-13,20,24-25H,2-3,6-9,14-19,21H2/t24-,25+. The summed E-state index contributed by atoms with van der Waals surface area (Å²) in [5.74, 6) is 0.682. The second kappa shape index (κ2) is 15.4. The van der Waals surface area contributed by atoms with Gasteiger partial charge in [0.25, 0.3) is 0 Å². The fraction of sp³-hybridized carbons (Fsp3) is 0.577. The van der Waals surface area contributed by atoms with Crippen LogP contribution in [0.15, 0.2) is 53.1 Å². The van der Waals surface area contributed by atoms with Crippen molar-refractivity contribution in [1.29, 1.82) is 0 Å². The molecule has 0 unspecified atom stereocenters. The number of rotatable bonds is 17. The Morgan fingerprint density at radius 3 is 2.16 bits per heavy atom. The van der Waals surface area contributed by atoms with E-state index in [1.807, 2.05) is 18.2 Å². The van der Waals surface area contributed by atoms with E-state index in [2.05, 4.69) is 45.2 Å². The van der Waals surface area contributed by atoms with E-state index in [1.54, 1.807) is 6.20 Å². The van der Waals surface area contributed by atoms with Gasteiger partial charge in [-0.3, -0.25) is 0 Å². The predicted octanol–water partition coefficient (Wildman–Crippen LogP) is 6.34. The molecule has 1 heterocycles. The van der Waals surface area contributed by atoms with Gasteiger partial charge in [0.1, 0.15) is 0 Å². The topological polar surface area (TPSA) is 49.8 Å². The summed E-state index contributed by atoms with van der Waals surface area (Å²) in [4.78, 5) is 4.20. The Balaban J connectivity index is 1.02. The van der Waals surface area contributed by atoms with Gasteiger partial charge in [0.2, 0.25) is 5.88 Å². The Kier molecular flexibility index (Phi) is 12.1. The van der Waals surface area contributed by atoms with E-state index in [9.17, 15) is 0 Å². The van der Waals surface area contributed by atoms with Crippen LogP contribution in [0.5, 0.6) is 5.88 Å². The molecule has 1 aromatic heterocycles. The van der Waals surface area contributed by atoms with E-state index < -0.39 is 0 Å². The molecule has 0 atom stereocenters. The molecule has 1 aromatic carbocycles. The summed E-state index contributed by atoms with van der Waals surface area (Å²) < 4.78 is 24.2. The van der Waals surface area contributed by atoms with Crippen LogP contribution in [0.2, 0.25) is 0 Å². The van der Waals surface area contributed by atoms with Crippen LogP contribution in [0.4, 0.5) is 0 Å². The lowest BCUT2D eigenvalue weighted by atomic mass is 9.92. The van der Waals surface area contributed by atoms with E-state index in [-0.39, 0.29) is 0 Å². The van der Waals surface area contributed by atoms with Crippen LogP contribution < -0.4 is 4.74 Å². The molecule has 2 aromatic rings. The highest BCUT2D eigenvalue weighted by Gasteiger charge is 2.30. The van der Waals surface area contributed by atoms with Gasteiger partial charge in [-0.15, -0.1) is 0 Å². The summed E-state index contributed by atoms with van der Waals surface area (Å²) in [6, 6.07) is 14.2. The molecular weight excluding hydrogens is 470 g/mol. The number of unbranched alkanes of at least 4 members (excludes halogenated alkanes) is 4. The molecule has 3 rings (SSSR count). The number of halogens is 1. The largest absolute Gasteiger partial charge is 0.478 e. The van der Waals surface area contributed by atoms with Crippen LogP contribution in [0.3, 0.4) is 0 Å². The zero-order valence-corrected chi connectivity index (χ0v) is 20.5. The number of hydrogen-bond acceptors (Lipinski definition) is 5. The third-order valence-electron chi connectivity index (χ3n) is 5.55. The number of ether oxygens (including phenoxy) is 4. The third kappa shape index (κ3) is 10.4. The van der Waals surface area contributed by atoms with Crippen molar-refractivity contribution in [2.24, 2.45) is 0 Å². The van der Waals surface area contributed by atoms with Crippen molar-refractivity contribution in [2.75, 3.05) is 26.4 Å². The minimum Gasteiger partial charge on any atom is -0.478 e. The third-order valence-corrected chi connectivity index (χ3v) is 6.02. The van der Waals surface area contributed by atoms with Crippen LogP contribution in [-0.2, 0) is 20.8 Å². The molecule has 0 radical (unpaired) electrons. The average molecular weight is 506 g/mol. The predicted molar refractivity (Wildman–Crippen MR) is 130 cm³/mol. The number of hydrogen-bond donors (Lipinski definition) is 0. The first-order valence-corrected chi connectivity index (χ1v) is 12.7. The molecule has 176 valence electrons. The van der Waals surface area contributed by atoms with Gasteiger partial charge >= 0.3 is 0 Å². The molecular formula is C26H36BrNO4. The molecule has 32 heavy (non-hydrogen) atoms. The Bertz CT molecular complexity index is 722. The fourth-order valence-corrected chi connectivity index (χ4v) is 3.75. The summed E-state index contributed by atoms with van der Waals surface area (Å²) in [5.41, 5.74) is 1.24. The first kappa shape index (κ1) is 25.2. The maximum absolute atomic E-state index is 5.94. The van der Waals surface area contributed by atoms with Crippen molar-refractivity contribution in [1.82, 2.24) is 4.98 Å². The van der Waals surface area contributed by atoms with E-state index >= 15 is 0 Å². The molecule has 6 heteroatoms. The highest BCUT2D eigenvalue weighted by atomic mass is 79.9. The molecule has 1 saturated carbocycles. The summed E-state index contributed by atoms with van der Waals surface area (Å²) >= 11 is 3.37. The Morgan fingerprint density at radius 1 is 0.750 bits per heavy atom. The number of aromatic nitrogens is 1. The van der Waals surface area contributed by atoms with E-state index in [0.717, 1.165) is 75.7 Å². The van der Waals surface area contributed by atoms with Crippen molar-refractivity contribution in [3.8, 4) is 5.88 Å². The number of benzene rings is 1. The molecule has 0 bridgehead atoms. The van der Waals surface area contributed by atoms with Crippen LogP contribution >= 0.6 is 15.9 Å². The minimum absolute atomic E-state index is 0.359. The van der Waals surface area contributed by atoms with Gasteiger partial charge in [-0.2, -0.15) is 0 Å². The summed E-state index contributed by atoms with van der Waals surface area (Å²) in [6.07, 6.45) is 11.1. The summed E-state index contributed by atoms with van der Waals surface area (Å²) in [5, 5.41) is 0. The van der Waals surface area contributed by atoms with E-state index in [0.29, 0.717) is 31.3 Å². The first-order chi connectivity index (χ1) is 15.8. The fourth-order valence-electron chi connectivity index (χ4n) is 3.52. The lowest BCUT2D eigenvalue weighted by Crippen LogP contribution is -2.37. The van der Waals surface area contributed by atoms with Gasteiger partial charge in [-0.1, -0.05) is 30.3 Å². The SMILES string of the molecule is Brc1ccc(OCCCCCOCCCCCO[C@H]2C[C@@H](OCc3ccccc3)C2)nc1. The summed E-state index contributed by atoms with van der Waals surface area (Å²) in [7, 11) is 0. The van der Waals surface area contributed by atoms with Crippen LogP contribution in [0.25, 0.3) is 0 Å².